The van der Waals surface area contributed by atoms with E-state index in [1.807, 2.05) is 43.3 Å². The van der Waals surface area contributed by atoms with Crippen molar-refractivity contribution in [2.24, 2.45) is 0 Å². The highest BCUT2D eigenvalue weighted by atomic mass is 127. The minimum atomic E-state index is -0.762. The summed E-state index contributed by atoms with van der Waals surface area (Å²) in [6.07, 6.45) is 9.60. The lowest BCUT2D eigenvalue weighted by molar-refractivity contribution is 0.0823. The monoisotopic (exact) mass is 840 g/mol. The van der Waals surface area contributed by atoms with Crippen LogP contribution in [0.25, 0.3) is 11.1 Å². The number of rotatable bonds is 11. The third-order valence-electron chi connectivity index (χ3n) is 11.5. The van der Waals surface area contributed by atoms with Crippen LogP contribution in [0.5, 0.6) is 11.5 Å². The fraction of sp³-hybridized carbons (Fsp3) is 0.250. The molecule has 0 aliphatic heterocycles. The first kappa shape index (κ1) is 37.5. The molecular formula is C48H42ClIN2O2. The van der Waals surface area contributed by atoms with Crippen molar-refractivity contribution in [3.63, 3.8) is 0 Å². The summed E-state index contributed by atoms with van der Waals surface area (Å²) in [5.41, 5.74) is 8.70. The van der Waals surface area contributed by atoms with Gasteiger partial charge in [0.05, 0.1) is 21.6 Å². The highest BCUT2D eigenvalue weighted by Gasteiger charge is 2.47. The lowest BCUT2D eigenvalue weighted by Gasteiger charge is -2.37. The number of nitrogens with zero attached hydrogens (tertiary/aromatic N) is 2. The van der Waals surface area contributed by atoms with Gasteiger partial charge in [-0.15, -0.1) is 0 Å². The number of ether oxygens (including phenoxy) is 2. The Labute approximate surface area is 337 Å². The minimum absolute atomic E-state index is 0.127. The van der Waals surface area contributed by atoms with Gasteiger partial charge in [-0.2, -0.15) is 10.5 Å². The molecule has 6 heteroatoms. The van der Waals surface area contributed by atoms with Crippen LogP contribution in [-0.4, -0.2) is 6.10 Å². The third-order valence-corrected chi connectivity index (χ3v) is 13.9. The number of halogens is 2. The Morgan fingerprint density at radius 2 is 1.37 bits per heavy atom. The molecule has 0 N–H and O–H groups in total. The molecule has 4 nitrogen and oxygen atoms in total. The van der Waals surface area contributed by atoms with Gasteiger partial charge in [0.25, 0.3) is 0 Å². The molecule has 0 saturated heterocycles. The quantitative estimate of drug-likeness (QED) is 0.0981. The van der Waals surface area contributed by atoms with Gasteiger partial charge in [-0.1, -0.05) is 152 Å². The summed E-state index contributed by atoms with van der Waals surface area (Å²) >= 11 is 8.95. The van der Waals surface area contributed by atoms with Gasteiger partial charge >= 0.3 is 0 Å². The molecule has 0 bridgehead atoms. The Kier molecular flexibility index (Phi) is 10.5. The second kappa shape index (κ2) is 15.1. The highest BCUT2D eigenvalue weighted by Crippen LogP contribution is 2.57. The molecule has 0 fully saturated rings. The number of nitriles is 2. The number of benzene rings is 5. The maximum absolute atomic E-state index is 10.3. The molecule has 7 rings (SSSR count). The predicted molar refractivity (Wildman–Crippen MR) is 226 cm³/mol. The zero-order valence-corrected chi connectivity index (χ0v) is 33.9. The first-order valence-corrected chi connectivity index (χ1v) is 20.1. The topological polar surface area (TPSA) is 66.0 Å². The van der Waals surface area contributed by atoms with Crippen LogP contribution in [0.15, 0.2) is 133 Å². The van der Waals surface area contributed by atoms with Crippen molar-refractivity contribution in [2.75, 3.05) is 0 Å². The maximum atomic E-state index is 10.3. The van der Waals surface area contributed by atoms with Gasteiger partial charge in [-0.05, 0) is 95.5 Å². The van der Waals surface area contributed by atoms with Crippen LogP contribution in [0.3, 0.4) is 0 Å². The molecular weight excluding hydrogens is 799 g/mol. The van der Waals surface area contributed by atoms with E-state index in [-0.39, 0.29) is 9.53 Å². The molecule has 0 aromatic heterocycles. The SMILES string of the molecule is CCC(I)(CC)c1cccc(OC2C=CC(C3(c4ccc(OC(C)(CC)c5cccc(Cl)c5C#N)cc4)c4ccccc4-c4ccccc43)=CC2)c1C#N. The summed E-state index contributed by atoms with van der Waals surface area (Å²) in [5, 5.41) is 20.7. The smallest absolute Gasteiger partial charge is 0.138 e. The van der Waals surface area contributed by atoms with Crippen molar-refractivity contribution < 1.29 is 9.47 Å². The molecule has 0 radical (unpaired) electrons. The van der Waals surface area contributed by atoms with Crippen LogP contribution < -0.4 is 9.47 Å². The molecule has 54 heavy (non-hydrogen) atoms. The van der Waals surface area contributed by atoms with Crippen molar-refractivity contribution in [2.45, 2.75) is 73.9 Å². The number of hydrogen-bond donors (Lipinski definition) is 0. The lowest BCUT2D eigenvalue weighted by Crippen LogP contribution is -2.31. The fourth-order valence-corrected chi connectivity index (χ4v) is 9.00. The summed E-state index contributed by atoms with van der Waals surface area (Å²) in [5.74, 6) is 1.34. The molecule has 0 amide bonds. The lowest BCUT2D eigenvalue weighted by atomic mass is 9.66. The van der Waals surface area contributed by atoms with Gasteiger partial charge in [0.1, 0.15) is 35.3 Å². The van der Waals surface area contributed by atoms with E-state index in [4.69, 9.17) is 21.1 Å². The van der Waals surface area contributed by atoms with Gasteiger partial charge in [0.15, 0.2) is 0 Å². The van der Waals surface area contributed by atoms with E-state index in [0.717, 1.165) is 29.5 Å². The van der Waals surface area contributed by atoms with Crippen molar-refractivity contribution in [3.05, 3.63) is 177 Å². The Hall–Kier alpha value is -4.82. The Morgan fingerprint density at radius 1 is 0.759 bits per heavy atom. The fourth-order valence-electron chi connectivity index (χ4n) is 8.33. The average Bonchev–Trinajstić information content (AvgIpc) is 3.52. The largest absolute Gasteiger partial charge is 0.485 e. The molecule has 2 aliphatic rings. The summed E-state index contributed by atoms with van der Waals surface area (Å²) in [7, 11) is 0. The first-order chi connectivity index (χ1) is 26.2. The molecule has 0 spiro atoms. The van der Waals surface area contributed by atoms with E-state index < -0.39 is 11.0 Å². The van der Waals surface area contributed by atoms with Crippen LogP contribution in [-0.2, 0) is 14.4 Å². The van der Waals surface area contributed by atoms with Crippen LogP contribution in [0.2, 0.25) is 5.02 Å². The summed E-state index contributed by atoms with van der Waals surface area (Å²) in [6.45, 7) is 8.41. The van der Waals surface area contributed by atoms with Crippen LogP contribution in [0.4, 0.5) is 0 Å². The van der Waals surface area contributed by atoms with Gasteiger partial charge in [0, 0.05) is 15.4 Å². The Balaban J connectivity index is 1.27. The van der Waals surface area contributed by atoms with Gasteiger partial charge in [-0.3, -0.25) is 0 Å². The molecule has 2 atom stereocenters. The molecule has 5 aromatic rings. The highest BCUT2D eigenvalue weighted by molar-refractivity contribution is 14.1. The van der Waals surface area contributed by atoms with Gasteiger partial charge in [-0.25, -0.2) is 0 Å². The molecule has 270 valence electrons. The maximum Gasteiger partial charge on any atom is 0.138 e. The number of hydrogen-bond acceptors (Lipinski definition) is 4. The van der Waals surface area contributed by atoms with E-state index in [1.165, 1.54) is 27.8 Å². The average molecular weight is 841 g/mol. The molecule has 2 unspecified atom stereocenters. The summed E-state index contributed by atoms with van der Waals surface area (Å²) in [6, 6.07) is 42.1. The minimum Gasteiger partial charge on any atom is -0.485 e. The normalized spacial score (nSPS) is 16.6. The van der Waals surface area contributed by atoms with E-state index in [9.17, 15) is 10.5 Å². The first-order valence-electron chi connectivity index (χ1n) is 18.6. The standard InChI is InChI=1S/C48H42ClIN2O2/c1-5-46(4,40-18-12-20-44(49)38(40)30-51)54-35-28-24-33(25-29-35)48(42-16-10-8-14-36(42)37-15-9-11-17-43(37)48)32-22-26-34(27-23-32)53-45-21-13-19-41(39(45)31-52)47(50,6-2)7-3/h8-26,28-29,34H,5-7,27H2,1-4H3. The number of alkyl halides is 1. The number of allylic oxidation sites excluding steroid dienone is 2. The van der Waals surface area contributed by atoms with Crippen molar-refractivity contribution in [1.29, 1.82) is 10.5 Å². The molecule has 0 saturated carbocycles. The van der Waals surface area contributed by atoms with Crippen LogP contribution in [0.1, 0.15) is 92.3 Å². The zero-order valence-electron chi connectivity index (χ0n) is 31.0. The third kappa shape index (κ3) is 6.22. The van der Waals surface area contributed by atoms with Crippen LogP contribution in [0, 0.1) is 22.7 Å². The second-order valence-electron chi connectivity index (χ2n) is 14.2. The van der Waals surface area contributed by atoms with E-state index in [0.29, 0.717) is 40.5 Å². The van der Waals surface area contributed by atoms with Gasteiger partial charge < -0.3 is 9.47 Å². The van der Waals surface area contributed by atoms with Crippen LogP contribution >= 0.6 is 34.2 Å². The van der Waals surface area contributed by atoms with E-state index in [2.05, 4.69) is 140 Å². The summed E-state index contributed by atoms with van der Waals surface area (Å²) < 4.78 is 13.2. The summed E-state index contributed by atoms with van der Waals surface area (Å²) in [4.78, 5) is 0. The molecule has 5 aromatic carbocycles. The Morgan fingerprint density at radius 3 is 1.94 bits per heavy atom. The predicted octanol–water partition coefficient (Wildman–Crippen LogP) is 12.9. The van der Waals surface area contributed by atoms with E-state index in [1.54, 1.807) is 6.07 Å². The van der Waals surface area contributed by atoms with Crippen molar-refractivity contribution in [3.8, 4) is 34.8 Å². The number of fused-ring (bicyclic) bond motifs is 3. The van der Waals surface area contributed by atoms with Crippen molar-refractivity contribution >= 4 is 34.2 Å². The second-order valence-corrected chi connectivity index (χ2v) is 16.7. The van der Waals surface area contributed by atoms with Gasteiger partial charge in [0.2, 0.25) is 0 Å². The molecule has 2 aliphatic carbocycles. The molecule has 0 heterocycles. The van der Waals surface area contributed by atoms with Crippen molar-refractivity contribution in [1.82, 2.24) is 0 Å². The zero-order chi connectivity index (χ0) is 38.1. The Bertz CT molecular complexity index is 2320. The van der Waals surface area contributed by atoms with E-state index >= 15 is 0 Å².